The number of amides is 2. The van der Waals surface area contributed by atoms with Crippen molar-refractivity contribution in [1.82, 2.24) is 4.90 Å². The molecule has 25 heavy (non-hydrogen) atoms. The Kier molecular flexibility index (Phi) is 4.57. The van der Waals surface area contributed by atoms with Gasteiger partial charge < -0.3 is 14.7 Å². The van der Waals surface area contributed by atoms with Crippen LogP contribution >= 0.6 is 11.6 Å². The zero-order valence-corrected chi connectivity index (χ0v) is 14.3. The van der Waals surface area contributed by atoms with E-state index in [4.69, 9.17) is 11.6 Å². The van der Waals surface area contributed by atoms with Gasteiger partial charge in [0.15, 0.2) is 0 Å². The molecule has 0 spiro atoms. The molecule has 2 aliphatic rings. The fraction of sp³-hybridized carbons (Fsp3) is 0.500. The molecule has 2 aliphatic heterocycles. The van der Waals surface area contributed by atoms with Gasteiger partial charge in [-0.1, -0.05) is 11.6 Å². The SMILES string of the molecule is CC(=O)N1CCN(c2cc3c(cc2Cl)CCN3C(=O)C(F)(F)F)CC1. The van der Waals surface area contributed by atoms with Crippen LogP contribution in [0.3, 0.4) is 0 Å². The summed E-state index contributed by atoms with van der Waals surface area (Å²) in [6.45, 7) is 3.60. The van der Waals surface area contributed by atoms with E-state index in [1.54, 1.807) is 17.0 Å². The number of anilines is 2. The summed E-state index contributed by atoms with van der Waals surface area (Å²) in [6, 6.07) is 3.19. The number of hydrogen-bond donors (Lipinski definition) is 0. The number of carbonyl (C=O) groups excluding carboxylic acids is 2. The minimum absolute atomic E-state index is 0.00836. The third kappa shape index (κ3) is 3.40. The molecule has 0 unspecified atom stereocenters. The molecule has 9 heteroatoms. The Morgan fingerprint density at radius 3 is 2.24 bits per heavy atom. The van der Waals surface area contributed by atoms with E-state index in [2.05, 4.69) is 0 Å². The smallest absolute Gasteiger partial charge is 0.367 e. The van der Waals surface area contributed by atoms with E-state index in [9.17, 15) is 22.8 Å². The second-order valence-electron chi connectivity index (χ2n) is 6.13. The van der Waals surface area contributed by atoms with Crippen LogP contribution in [0.5, 0.6) is 0 Å². The molecular formula is C16H17ClF3N3O2. The first kappa shape index (κ1) is 17.8. The Hall–Kier alpha value is -1.96. The summed E-state index contributed by atoms with van der Waals surface area (Å²) in [7, 11) is 0. The Labute approximate surface area is 147 Å². The summed E-state index contributed by atoms with van der Waals surface area (Å²) in [6.07, 6.45) is -4.57. The van der Waals surface area contributed by atoms with Gasteiger partial charge in [0.25, 0.3) is 0 Å². The van der Waals surface area contributed by atoms with Gasteiger partial charge in [0.05, 0.1) is 10.7 Å². The van der Waals surface area contributed by atoms with Gasteiger partial charge >= 0.3 is 12.1 Å². The molecule has 0 aromatic heterocycles. The molecule has 2 heterocycles. The number of fused-ring (bicyclic) bond motifs is 1. The van der Waals surface area contributed by atoms with Crippen molar-refractivity contribution in [3.63, 3.8) is 0 Å². The van der Waals surface area contributed by atoms with Gasteiger partial charge in [0, 0.05) is 45.3 Å². The molecule has 1 fully saturated rings. The largest absolute Gasteiger partial charge is 0.471 e. The zero-order chi connectivity index (χ0) is 18.4. The number of hydrogen-bond acceptors (Lipinski definition) is 3. The van der Waals surface area contributed by atoms with Crippen LogP contribution in [-0.2, 0) is 16.0 Å². The first-order valence-corrected chi connectivity index (χ1v) is 8.28. The number of nitrogens with zero attached hydrogens (tertiary/aromatic N) is 3. The lowest BCUT2D eigenvalue weighted by Gasteiger charge is -2.36. The van der Waals surface area contributed by atoms with Crippen molar-refractivity contribution in [1.29, 1.82) is 0 Å². The highest BCUT2D eigenvalue weighted by Gasteiger charge is 2.45. The molecule has 0 radical (unpaired) electrons. The van der Waals surface area contributed by atoms with E-state index in [-0.39, 0.29) is 18.1 Å². The average Bonchev–Trinajstić information content (AvgIpc) is 2.95. The highest BCUT2D eigenvalue weighted by molar-refractivity contribution is 6.33. The van der Waals surface area contributed by atoms with Crippen molar-refractivity contribution in [2.75, 3.05) is 42.5 Å². The van der Waals surface area contributed by atoms with E-state index in [1.807, 2.05) is 4.90 Å². The summed E-state index contributed by atoms with van der Waals surface area (Å²) in [4.78, 5) is 27.4. The number of halogens is 4. The molecule has 1 aromatic rings. The van der Waals surface area contributed by atoms with E-state index in [0.29, 0.717) is 48.9 Å². The van der Waals surface area contributed by atoms with Crippen LogP contribution in [0.15, 0.2) is 12.1 Å². The van der Waals surface area contributed by atoms with Crippen molar-refractivity contribution in [3.05, 3.63) is 22.7 Å². The summed E-state index contributed by atoms with van der Waals surface area (Å²) in [5, 5.41) is 0.441. The van der Waals surface area contributed by atoms with E-state index < -0.39 is 12.1 Å². The lowest BCUT2D eigenvalue weighted by molar-refractivity contribution is -0.170. The lowest BCUT2D eigenvalue weighted by Crippen LogP contribution is -2.48. The monoisotopic (exact) mass is 375 g/mol. The Bertz CT molecular complexity index is 715. The molecular weight excluding hydrogens is 359 g/mol. The average molecular weight is 376 g/mol. The van der Waals surface area contributed by atoms with Gasteiger partial charge in [-0.3, -0.25) is 9.59 Å². The minimum Gasteiger partial charge on any atom is -0.367 e. The quantitative estimate of drug-likeness (QED) is 0.757. The summed E-state index contributed by atoms with van der Waals surface area (Å²) in [5.74, 6) is -1.87. The molecule has 0 bridgehead atoms. The maximum Gasteiger partial charge on any atom is 0.471 e. The maximum atomic E-state index is 12.8. The number of carbonyl (C=O) groups is 2. The van der Waals surface area contributed by atoms with Gasteiger partial charge in [-0.15, -0.1) is 0 Å². The van der Waals surface area contributed by atoms with E-state index >= 15 is 0 Å². The van der Waals surface area contributed by atoms with Crippen molar-refractivity contribution in [2.24, 2.45) is 0 Å². The third-order valence-electron chi connectivity index (χ3n) is 4.60. The minimum atomic E-state index is -4.91. The third-order valence-corrected chi connectivity index (χ3v) is 4.90. The molecule has 136 valence electrons. The number of piperazine rings is 1. The molecule has 3 rings (SSSR count). The maximum absolute atomic E-state index is 12.8. The van der Waals surface area contributed by atoms with Crippen LogP contribution < -0.4 is 9.80 Å². The van der Waals surface area contributed by atoms with Crippen LogP contribution in [0.1, 0.15) is 12.5 Å². The highest BCUT2D eigenvalue weighted by Crippen LogP contribution is 2.39. The standard InChI is InChI=1S/C16H17ClF3N3O2/c1-10(24)21-4-6-22(7-5-21)14-9-13-11(8-12(14)17)2-3-23(13)15(25)16(18,19)20/h8-9H,2-7H2,1H3. The molecule has 0 aliphatic carbocycles. The van der Waals surface area contributed by atoms with Crippen molar-refractivity contribution >= 4 is 34.8 Å². The van der Waals surface area contributed by atoms with Crippen LogP contribution in [0.4, 0.5) is 24.5 Å². The summed E-state index contributed by atoms with van der Waals surface area (Å²) < 4.78 is 38.3. The molecule has 1 aromatic carbocycles. The van der Waals surface area contributed by atoms with Crippen LogP contribution in [0, 0.1) is 0 Å². The summed E-state index contributed by atoms with van der Waals surface area (Å²) in [5.41, 5.74) is 1.48. The predicted molar refractivity (Wildman–Crippen MR) is 88.0 cm³/mol. The van der Waals surface area contributed by atoms with Crippen LogP contribution in [0.25, 0.3) is 0 Å². The molecule has 0 atom stereocenters. The Balaban J connectivity index is 1.86. The van der Waals surface area contributed by atoms with Gasteiger partial charge in [0.2, 0.25) is 5.91 Å². The van der Waals surface area contributed by atoms with Crippen molar-refractivity contribution in [2.45, 2.75) is 19.5 Å². The summed E-state index contributed by atoms with van der Waals surface area (Å²) >= 11 is 6.31. The van der Waals surface area contributed by atoms with Gasteiger partial charge in [0.1, 0.15) is 0 Å². The van der Waals surface area contributed by atoms with Crippen molar-refractivity contribution < 1.29 is 22.8 Å². The Morgan fingerprint density at radius 1 is 1.04 bits per heavy atom. The molecule has 1 saturated heterocycles. The van der Waals surface area contributed by atoms with E-state index in [0.717, 1.165) is 4.90 Å². The van der Waals surface area contributed by atoms with Crippen LogP contribution in [0.2, 0.25) is 5.02 Å². The molecule has 0 saturated carbocycles. The number of benzene rings is 1. The first-order valence-electron chi connectivity index (χ1n) is 7.90. The van der Waals surface area contributed by atoms with Gasteiger partial charge in [-0.25, -0.2) is 0 Å². The Morgan fingerprint density at radius 2 is 1.68 bits per heavy atom. The molecule has 5 nitrogen and oxygen atoms in total. The van der Waals surface area contributed by atoms with Crippen molar-refractivity contribution in [3.8, 4) is 0 Å². The second-order valence-corrected chi connectivity index (χ2v) is 6.54. The number of rotatable bonds is 1. The molecule has 0 N–H and O–H groups in total. The van der Waals surface area contributed by atoms with E-state index in [1.165, 1.54) is 6.92 Å². The number of alkyl halides is 3. The molecule has 2 amide bonds. The normalized spacial score (nSPS) is 17.7. The first-order chi connectivity index (χ1) is 11.7. The topological polar surface area (TPSA) is 43.9 Å². The fourth-order valence-electron chi connectivity index (χ4n) is 3.26. The highest BCUT2D eigenvalue weighted by atomic mass is 35.5. The van der Waals surface area contributed by atoms with Gasteiger partial charge in [-0.2, -0.15) is 13.2 Å². The second kappa shape index (κ2) is 6.40. The van der Waals surface area contributed by atoms with Crippen LogP contribution in [-0.4, -0.2) is 55.6 Å². The van der Waals surface area contributed by atoms with Gasteiger partial charge in [-0.05, 0) is 24.1 Å². The fourth-order valence-corrected chi connectivity index (χ4v) is 3.57. The lowest BCUT2D eigenvalue weighted by atomic mass is 10.1. The predicted octanol–water partition coefficient (Wildman–Crippen LogP) is 2.46. The zero-order valence-electron chi connectivity index (χ0n) is 13.6.